The number of halogens is 3. The molecule has 1 aromatic heterocycles. The number of nitrogens with zero attached hydrogens (tertiary/aromatic N) is 5. The Balaban J connectivity index is 1.42. The van der Waals surface area contributed by atoms with Gasteiger partial charge in [0.15, 0.2) is 5.16 Å². The van der Waals surface area contributed by atoms with E-state index in [4.69, 9.17) is 4.74 Å². The topological polar surface area (TPSA) is 72.7 Å². The van der Waals surface area contributed by atoms with Crippen molar-refractivity contribution in [3.8, 4) is 11.4 Å². The predicted octanol–water partition coefficient (Wildman–Crippen LogP) is 2.79. The summed E-state index contributed by atoms with van der Waals surface area (Å²) < 4.78 is 48.0. The molecule has 33 heavy (non-hydrogen) atoms. The summed E-state index contributed by atoms with van der Waals surface area (Å²) in [4.78, 5) is 16.6. The third kappa shape index (κ3) is 7.61. The van der Waals surface area contributed by atoms with E-state index >= 15 is 0 Å². The van der Waals surface area contributed by atoms with Gasteiger partial charge in [0.05, 0.1) is 12.9 Å². The average molecular weight is 488 g/mol. The number of hydrogen-bond acceptors (Lipinski definition) is 7. The summed E-state index contributed by atoms with van der Waals surface area (Å²) >= 11 is 1.34. The lowest BCUT2D eigenvalue weighted by Crippen LogP contribution is -2.49. The van der Waals surface area contributed by atoms with Crippen molar-refractivity contribution in [1.29, 1.82) is 0 Å². The highest BCUT2D eigenvalue weighted by Gasteiger charge is 2.27. The molecule has 0 bridgehead atoms. The molecule has 1 aromatic carbocycles. The number of methoxy groups -OCH3 is 1. The largest absolute Gasteiger partial charge is 0.497 e. The van der Waals surface area contributed by atoms with Gasteiger partial charge in [0.1, 0.15) is 18.2 Å². The van der Waals surface area contributed by atoms with Crippen molar-refractivity contribution in [2.24, 2.45) is 0 Å². The van der Waals surface area contributed by atoms with Gasteiger partial charge in [0.25, 0.3) is 0 Å². The lowest BCUT2D eigenvalue weighted by molar-refractivity contribution is -0.174. The summed E-state index contributed by atoms with van der Waals surface area (Å²) in [5.41, 5.74) is 0.890. The van der Waals surface area contributed by atoms with Crippen LogP contribution in [0.3, 0.4) is 0 Å². The molecule has 0 radical (unpaired) electrons. The first kappa shape index (κ1) is 25.3. The van der Waals surface area contributed by atoms with E-state index in [1.54, 1.807) is 7.11 Å². The first-order valence-electron chi connectivity index (χ1n) is 10.6. The van der Waals surface area contributed by atoms with E-state index in [0.29, 0.717) is 44.3 Å². The molecule has 0 aliphatic carbocycles. The summed E-state index contributed by atoms with van der Waals surface area (Å²) in [7, 11) is 1.61. The molecule has 2 aromatic rings. The summed E-state index contributed by atoms with van der Waals surface area (Å²) in [5.74, 6) is 1.75. The maximum atomic E-state index is 12.7. The standard InChI is InChI=1S/C21H28F3N5O3S/c1-16-25-26-20(29(16)17-4-6-18(31-2)7-5-17)33-14-19(30)28-11-9-27(10-12-28)8-3-13-32-15-21(22,23)24/h4-7H,3,8-15H2,1-2H3. The van der Waals surface area contributed by atoms with Gasteiger partial charge in [0.2, 0.25) is 5.91 Å². The molecule has 3 rings (SSSR count). The Labute approximate surface area is 195 Å². The molecular weight excluding hydrogens is 459 g/mol. The quantitative estimate of drug-likeness (QED) is 0.377. The minimum Gasteiger partial charge on any atom is -0.497 e. The van der Waals surface area contributed by atoms with Gasteiger partial charge in [-0.25, -0.2) is 0 Å². The van der Waals surface area contributed by atoms with Crippen LogP contribution in [0.5, 0.6) is 5.75 Å². The van der Waals surface area contributed by atoms with Crippen molar-refractivity contribution in [1.82, 2.24) is 24.6 Å². The Bertz CT molecular complexity index is 900. The fourth-order valence-corrected chi connectivity index (χ4v) is 4.38. The summed E-state index contributed by atoms with van der Waals surface area (Å²) in [6, 6.07) is 7.54. The van der Waals surface area contributed by atoms with Crippen LogP contribution in [0, 0.1) is 6.92 Å². The first-order valence-corrected chi connectivity index (χ1v) is 11.6. The number of carbonyl (C=O) groups is 1. The maximum Gasteiger partial charge on any atom is 0.411 e. The number of ether oxygens (including phenoxy) is 2. The van der Waals surface area contributed by atoms with Crippen molar-refractivity contribution in [2.75, 3.05) is 58.8 Å². The van der Waals surface area contributed by atoms with E-state index in [9.17, 15) is 18.0 Å². The lowest BCUT2D eigenvalue weighted by atomic mass is 10.3. The Morgan fingerprint density at radius 3 is 2.45 bits per heavy atom. The molecule has 12 heteroatoms. The molecule has 0 saturated carbocycles. The second-order valence-electron chi connectivity index (χ2n) is 7.60. The van der Waals surface area contributed by atoms with Gasteiger partial charge in [-0.1, -0.05) is 11.8 Å². The SMILES string of the molecule is COc1ccc(-n2c(C)nnc2SCC(=O)N2CCN(CCCOCC(F)(F)F)CC2)cc1. The highest BCUT2D eigenvalue weighted by molar-refractivity contribution is 7.99. The number of rotatable bonds is 10. The minimum atomic E-state index is -4.29. The van der Waals surface area contributed by atoms with Gasteiger partial charge in [-0.15, -0.1) is 10.2 Å². The van der Waals surface area contributed by atoms with Gasteiger partial charge >= 0.3 is 6.18 Å². The Hall–Kier alpha value is -2.31. The molecule has 1 aliphatic rings. The Morgan fingerprint density at radius 1 is 1.12 bits per heavy atom. The molecule has 0 N–H and O–H groups in total. The monoisotopic (exact) mass is 487 g/mol. The molecule has 0 spiro atoms. The van der Waals surface area contributed by atoms with Crippen LogP contribution in [0.1, 0.15) is 12.2 Å². The number of alkyl halides is 3. The second kappa shape index (κ2) is 11.7. The van der Waals surface area contributed by atoms with E-state index in [1.807, 2.05) is 40.7 Å². The third-order valence-corrected chi connectivity index (χ3v) is 6.12. The second-order valence-corrected chi connectivity index (χ2v) is 8.54. The average Bonchev–Trinajstić information content (AvgIpc) is 3.17. The maximum absolute atomic E-state index is 12.7. The fourth-order valence-electron chi connectivity index (χ4n) is 3.48. The zero-order valence-corrected chi connectivity index (χ0v) is 19.5. The number of thioether (sulfide) groups is 1. The number of aromatic nitrogens is 3. The number of carbonyl (C=O) groups excluding carboxylic acids is 1. The van der Waals surface area contributed by atoms with Crippen LogP contribution in [0.15, 0.2) is 29.4 Å². The predicted molar refractivity (Wildman–Crippen MR) is 118 cm³/mol. The molecule has 0 atom stereocenters. The molecule has 8 nitrogen and oxygen atoms in total. The van der Waals surface area contributed by atoms with Crippen molar-refractivity contribution < 1.29 is 27.4 Å². The van der Waals surface area contributed by atoms with Crippen LogP contribution in [-0.4, -0.2) is 95.4 Å². The Kier molecular flexibility index (Phi) is 8.98. The molecule has 0 unspecified atom stereocenters. The van der Waals surface area contributed by atoms with Gasteiger partial charge in [-0.05, 0) is 37.6 Å². The Morgan fingerprint density at radius 2 is 1.82 bits per heavy atom. The number of benzene rings is 1. The minimum absolute atomic E-state index is 0.0232. The van der Waals surface area contributed by atoms with Crippen LogP contribution in [0.2, 0.25) is 0 Å². The molecule has 1 aliphatic heterocycles. The third-order valence-electron chi connectivity index (χ3n) is 5.20. The molecular formula is C21H28F3N5O3S. The van der Waals surface area contributed by atoms with Gasteiger partial charge in [0, 0.05) is 45.0 Å². The van der Waals surface area contributed by atoms with Crippen LogP contribution in [0.25, 0.3) is 5.69 Å². The van der Waals surface area contributed by atoms with Crippen LogP contribution >= 0.6 is 11.8 Å². The number of hydrogen-bond donors (Lipinski definition) is 0. The molecule has 1 saturated heterocycles. The van der Waals surface area contributed by atoms with E-state index in [2.05, 4.69) is 19.8 Å². The first-order chi connectivity index (χ1) is 15.8. The van der Waals surface area contributed by atoms with E-state index < -0.39 is 12.8 Å². The molecule has 2 heterocycles. The normalized spacial score (nSPS) is 15.1. The van der Waals surface area contributed by atoms with Gasteiger partial charge in [-0.2, -0.15) is 13.2 Å². The van der Waals surface area contributed by atoms with Gasteiger partial charge in [-0.3, -0.25) is 14.3 Å². The van der Waals surface area contributed by atoms with E-state index in [1.165, 1.54) is 11.8 Å². The van der Waals surface area contributed by atoms with E-state index in [0.717, 1.165) is 17.3 Å². The van der Waals surface area contributed by atoms with Crippen molar-refractivity contribution in [3.63, 3.8) is 0 Å². The number of piperazine rings is 1. The van der Waals surface area contributed by atoms with Crippen LogP contribution in [-0.2, 0) is 9.53 Å². The smallest absolute Gasteiger partial charge is 0.411 e. The van der Waals surface area contributed by atoms with Crippen molar-refractivity contribution in [2.45, 2.75) is 24.7 Å². The highest BCUT2D eigenvalue weighted by atomic mass is 32.2. The zero-order valence-electron chi connectivity index (χ0n) is 18.7. The van der Waals surface area contributed by atoms with Crippen LogP contribution in [0.4, 0.5) is 13.2 Å². The fraction of sp³-hybridized carbons (Fsp3) is 0.571. The van der Waals surface area contributed by atoms with Crippen molar-refractivity contribution in [3.05, 3.63) is 30.1 Å². The summed E-state index contributed by atoms with van der Waals surface area (Å²) in [6.45, 7) is 3.94. The highest BCUT2D eigenvalue weighted by Crippen LogP contribution is 2.24. The van der Waals surface area contributed by atoms with Gasteiger partial charge < -0.3 is 14.4 Å². The molecule has 182 valence electrons. The van der Waals surface area contributed by atoms with E-state index in [-0.39, 0.29) is 18.3 Å². The number of aryl methyl sites for hydroxylation is 1. The van der Waals surface area contributed by atoms with Crippen molar-refractivity contribution >= 4 is 17.7 Å². The summed E-state index contributed by atoms with van der Waals surface area (Å²) in [5, 5.41) is 9.00. The molecule has 1 amide bonds. The van der Waals surface area contributed by atoms with Crippen LogP contribution < -0.4 is 4.74 Å². The summed E-state index contributed by atoms with van der Waals surface area (Å²) in [6.07, 6.45) is -3.76. The zero-order chi connectivity index (χ0) is 23.8. The molecule has 1 fully saturated rings. The number of amides is 1. The lowest BCUT2D eigenvalue weighted by Gasteiger charge is -2.34.